The van der Waals surface area contributed by atoms with Crippen LogP contribution in [0, 0.1) is 0 Å². The molecule has 0 unspecified atom stereocenters. The summed E-state index contributed by atoms with van der Waals surface area (Å²) in [6.45, 7) is 3.11. The molecule has 0 aliphatic carbocycles. The molecule has 0 aliphatic heterocycles. The third-order valence-electron chi connectivity index (χ3n) is 2.17. The first-order valence-electron chi connectivity index (χ1n) is 5.55. The fourth-order valence-corrected chi connectivity index (χ4v) is 2.09. The van der Waals surface area contributed by atoms with Crippen molar-refractivity contribution in [3.8, 4) is 0 Å². The highest BCUT2D eigenvalue weighted by Gasteiger charge is 2.05. The Balaban J connectivity index is 2.13. The number of H-pyrrole nitrogens is 1. The summed E-state index contributed by atoms with van der Waals surface area (Å²) in [5, 5.41) is 14.9. The van der Waals surface area contributed by atoms with E-state index in [1.54, 1.807) is 0 Å². The molecule has 0 bridgehead atoms. The molecule has 96 valence electrons. The van der Waals surface area contributed by atoms with Gasteiger partial charge in [-0.1, -0.05) is 18.3 Å². The highest BCUT2D eigenvalue weighted by atomic mass is 32.1. The van der Waals surface area contributed by atoms with Crippen LogP contribution in [0.15, 0.2) is 21.7 Å². The van der Waals surface area contributed by atoms with Gasteiger partial charge in [0, 0.05) is 18.7 Å². The van der Waals surface area contributed by atoms with Crippen molar-refractivity contribution in [1.82, 2.24) is 20.0 Å². The van der Waals surface area contributed by atoms with Gasteiger partial charge in [0.25, 0.3) is 11.1 Å². The summed E-state index contributed by atoms with van der Waals surface area (Å²) in [5.74, 6) is 0. The maximum Gasteiger partial charge on any atom is 0.265 e. The second kappa shape index (κ2) is 5.58. The molecule has 0 radical (unpaired) electrons. The number of aromatic nitrogens is 4. The Morgan fingerprint density at radius 1 is 1.39 bits per heavy atom. The smallest absolute Gasteiger partial charge is 0.265 e. The van der Waals surface area contributed by atoms with E-state index in [1.165, 1.54) is 28.2 Å². The second-order valence-electron chi connectivity index (χ2n) is 3.66. The monoisotopic (exact) mass is 267 g/mol. The Hall–Kier alpha value is -1.96. The second-order valence-corrected chi connectivity index (χ2v) is 4.72. The van der Waals surface area contributed by atoms with Gasteiger partial charge >= 0.3 is 0 Å². The zero-order valence-corrected chi connectivity index (χ0v) is 10.7. The number of hydrogen-bond acceptors (Lipinski definition) is 6. The Morgan fingerprint density at radius 3 is 3.00 bits per heavy atom. The summed E-state index contributed by atoms with van der Waals surface area (Å²) in [4.78, 5) is 22.6. The van der Waals surface area contributed by atoms with E-state index in [1.807, 2.05) is 0 Å². The molecule has 2 N–H and O–H groups in total. The molecular weight excluding hydrogens is 254 g/mol. The molecule has 0 saturated carbocycles. The van der Waals surface area contributed by atoms with Gasteiger partial charge in [0.1, 0.15) is 5.01 Å². The van der Waals surface area contributed by atoms with Gasteiger partial charge in [0.2, 0.25) is 5.13 Å². The van der Waals surface area contributed by atoms with Crippen LogP contribution >= 0.6 is 11.3 Å². The van der Waals surface area contributed by atoms with Gasteiger partial charge in [-0.2, -0.15) is 0 Å². The molecule has 18 heavy (non-hydrogen) atoms. The number of nitrogens with one attached hydrogen (secondary N) is 2. The molecule has 2 aromatic heterocycles. The van der Waals surface area contributed by atoms with E-state index in [0.29, 0.717) is 5.01 Å². The normalized spacial score (nSPS) is 10.5. The van der Waals surface area contributed by atoms with E-state index < -0.39 is 0 Å². The first-order valence-corrected chi connectivity index (χ1v) is 6.37. The first-order chi connectivity index (χ1) is 8.69. The molecule has 7 nitrogen and oxygen atoms in total. The van der Waals surface area contributed by atoms with Crippen LogP contribution < -0.4 is 16.4 Å². The summed E-state index contributed by atoms with van der Waals surface area (Å²) >= 11 is 1.37. The van der Waals surface area contributed by atoms with Crippen LogP contribution in [0.5, 0.6) is 0 Å². The topological polar surface area (TPSA) is 92.7 Å². The minimum atomic E-state index is -0.316. The lowest BCUT2D eigenvalue weighted by atomic mass is 10.5. The van der Waals surface area contributed by atoms with E-state index in [-0.39, 0.29) is 17.7 Å². The summed E-state index contributed by atoms with van der Waals surface area (Å²) in [7, 11) is 0. The molecule has 2 rings (SSSR count). The van der Waals surface area contributed by atoms with Crippen molar-refractivity contribution in [2.75, 3.05) is 11.9 Å². The van der Waals surface area contributed by atoms with Crippen molar-refractivity contribution in [1.29, 1.82) is 0 Å². The summed E-state index contributed by atoms with van der Waals surface area (Å²) < 4.78 is 1.21. The van der Waals surface area contributed by atoms with Crippen LogP contribution in [0.1, 0.15) is 18.4 Å². The predicted octanol–water partition coefficient (Wildman–Crippen LogP) is 0.258. The Bertz CT molecular complexity index is 629. The molecule has 0 atom stereocenters. The molecule has 2 heterocycles. The van der Waals surface area contributed by atoms with Crippen molar-refractivity contribution < 1.29 is 0 Å². The van der Waals surface area contributed by atoms with Gasteiger partial charge in [-0.3, -0.25) is 14.7 Å². The largest absolute Gasteiger partial charge is 0.360 e. The number of anilines is 1. The maximum atomic E-state index is 11.5. The molecule has 0 fully saturated rings. The number of hydrogen-bond donors (Lipinski definition) is 2. The van der Waals surface area contributed by atoms with Crippen LogP contribution in [0.2, 0.25) is 0 Å². The maximum absolute atomic E-state index is 11.5. The fourth-order valence-electron chi connectivity index (χ4n) is 1.34. The van der Waals surface area contributed by atoms with E-state index in [4.69, 9.17) is 0 Å². The lowest BCUT2D eigenvalue weighted by Crippen LogP contribution is -2.28. The van der Waals surface area contributed by atoms with E-state index in [9.17, 15) is 9.59 Å². The Labute approximate surface area is 106 Å². The minimum Gasteiger partial charge on any atom is -0.360 e. The standard InChI is InChI=1S/C10H13N5O2S/c1-2-5-11-10-13-12-8(18-10)6-15-9(17)4-3-7(16)14-15/h3-4H,2,5-6H2,1H3,(H,11,13)(H,14,16). The van der Waals surface area contributed by atoms with Gasteiger partial charge in [0.05, 0.1) is 6.54 Å². The highest BCUT2D eigenvalue weighted by molar-refractivity contribution is 7.15. The third kappa shape index (κ3) is 3.04. The van der Waals surface area contributed by atoms with E-state index in [2.05, 4.69) is 27.5 Å². The zero-order valence-electron chi connectivity index (χ0n) is 9.84. The molecule has 8 heteroatoms. The van der Waals surface area contributed by atoms with Gasteiger partial charge in [0.15, 0.2) is 0 Å². The number of rotatable bonds is 5. The first kappa shape index (κ1) is 12.5. The quantitative estimate of drug-likeness (QED) is 0.810. The van der Waals surface area contributed by atoms with Crippen LogP contribution in [0.4, 0.5) is 5.13 Å². The molecule has 0 spiro atoms. The Kier molecular flexibility index (Phi) is 3.88. The van der Waals surface area contributed by atoms with Crippen LogP contribution in [0.3, 0.4) is 0 Å². The van der Waals surface area contributed by atoms with E-state index >= 15 is 0 Å². The van der Waals surface area contributed by atoms with Crippen molar-refractivity contribution in [2.45, 2.75) is 19.9 Å². The van der Waals surface area contributed by atoms with Crippen molar-refractivity contribution in [3.63, 3.8) is 0 Å². The summed E-state index contributed by atoms with van der Waals surface area (Å²) in [6, 6.07) is 2.43. The Morgan fingerprint density at radius 2 is 2.22 bits per heavy atom. The average Bonchev–Trinajstić information content (AvgIpc) is 2.79. The van der Waals surface area contributed by atoms with Crippen molar-refractivity contribution in [3.05, 3.63) is 37.8 Å². The van der Waals surface area contributed by atoms with Crippen molar-refractivity contribution in [2.24, 2.45) is 0 Å². The van der Waals surface area contributed by atoms with Crippen LogP contribution in [0.25, 0.3) is 0 Å². The van der Waals surface area contributed by atoms with E-state index in [0.717, 1.165) is 18.1 Å². The zero-order chi connectivity index (χ0) is 13.0. The lowest BCUT2D eigenvalue weighted by Gasteiger charge is -2.00. The average molecular weight is 267 g/mol. The van der Waals surface area contributed by atoms with Gasteiger partial charge < -0.3 is 5.32 Å². The minimum absolute atomic E-state index is 0.223. The van der Waals surface area contributed by atoms with Gasteiger partial charge in [-0.05, 0) is 6.42 Å². The third-order valence-corrected chi connectivity index (χ3v) is 3.04. The molecule has 2 aromatic rings. The molecule has 0 aromatic carbocycles. The van der Waals surface area contributed by atoms with Gasteiger partial charge in [-0.25, -0.2) is 4.68 Å². The highest BCUT2D eigenvalue weighted by Crippen LogP contribution is 2.15. The van der Waals surface area contributed by atoms with Crippen LogP contribution in [-0.4, -0.2) is 26.5 Å². The fraction of sp³-hybridized carbons (Fsp3) is 0.400. The van der Waals surface area contributed by atoms with Crippen molar-refractivity contribution >= 4 is 16.5 Å². The lowest BCUT2D eigenvalue weighted by molar-refractivity contribution is 0.621. The van der Waals surface area contributed by atoms with Gasteiger partial charge in [-0.15, -0.1) is 10.2 Å². The molecule has 0 amide bonds. The molecule has 0 saturated heterocycles. The van der Waals surface area contributed by atoms with Crippen LogP contribution in [-0.2, 0) is 6.54 Å². The molecule has 0 aliphatic rings. The number of nitrogens with zero attached hydrogens (tertiary/aromatic N) is 3. The summed E-state index contributed by atoms with van der Waals surface area (Å²) in [5.41, 5.74) is -0.587. The number of aromatic amines is 1. The summed E-state index contributed by atoms with van der Waals surface area (Å²) in [6.07, 6.45) is 1.00. The SMILES string of the molecule is CCCNc1nnc(Cn2[nH]c(=O)ccc2=O)s1. The molecular formula is C10H13N5O2S. The predicted molar refractivity (Wildman–Crippen MR) is 69.1 cm³/mol.